The van der Waals surface area contributed by atoms with Crippen LogP contribution >= 0.6 is 35.3 Å². The predicted octanol–water partition coefficient (Wildman–Crippen LogP) is 3.25. The number of hydrogen-bond acceptors (Lipinski definition) is 4. The lowest BCUT2D eigenvalue weighted by atomic mass is 9.99. The van der Waals surface area contributed by atoms with E-state index in [4.69, 9.17) is 4.99 Å². The van der Waals surface area contributed by atoms with Crippen LogP contribution in [0.1, 0.15) is 40.2 Å². The number of halogens is 1. The average Bonchev–Trinajstić information content (AvgIpc) is 3.34. The van der Waals surface area contributed by atoms with E-state index >= 15 is 0 Å². The fraction of sp³-hybridized carbons (Fsp3) is 0.450. The molecule has 1 aliphatic heterocycles. The highest BCUT2D eigenvalue weighted by Crippen LogP contribution is 2.26. The van der Waals surface area contributed by atoms with Gasteiger partial charge in [0.1, 0.15) is 4.88 Å². The van der Waals surface area contributed by atoms with Crippen molar-refractivity contribution in [2.75, 3.05) is 32.7 Å². The number of carbonyl (C=O) groups excluding carboxylic acids is 1. The van der Waals surface area contributed by atoms with Gasteiger partial charge in [-0.15, -0.1) is 35.3 Å². The second kappa shape index (κ2) is 11.4. The number of nitrogens with zero attached hydrogens (tertiary/aromatic N) is 3. The van der Waals surface area contributed by atoms with Gasteiger partial charge in [-0.1, -0.05) is 30.3 Å². The Bertz CT molecular complexity index is 780. The van der Waals surface area contributed by atoms with Crippen molar-refractivity contribution >= 4 is 47.2 Å². The van der Waals surface area contributed by atoms with Crippen LogP contribution in [0, 0.1) is 6.92 Å². The maximum atomic E-state index is 12.1. The molecule has 1 fully saturated rings. The van der Waals surface area contributed by atoms with Crippen molar-refractivity contribution in [3.63, 3.8) is 0 Å². The standard InChI is InChI=1S/C20H27N5OS.HI/c1-3-21-20(23-11-10-22-19(26)18-15(2)24-14-27-18)25-12-9-17(13-25)16-7-5-4-6-8-16;/h4-8,14,17H,3,9-13H2,1-2H3,(H,21,23)(H,22,26);1H. The highest BCUT2D eigenvalue weighted by Gasteiger charge is 2.25. The van der Waals surface area contributed by atoms with Crippen LogP contribution in [0.2, 0.25) is 0 Å². The summed E-state index contributed by atoms with van der Waals surface area (Å²) in [7, 11) is 0. The highest BCUT2D eigenvalue weighted by atomic mass is 127. The first kappa shape index (κ1) is 22.6. The van der Waals surface area contributed by atoms with Gasteiger partial charge >= 0.3 is 0 Å². The van der Waals surface area contributed by atoms with Crippen molar-refractivity contribution in [3.05, 3.63) is 52.0 Å². The van der Waals surface area contributed by atoms with E-state index < -0.39 is 0 Å². The van der Waals surface area contributed by atoms with Crippen molar-refractivity contribution in [3.8, 4) is 0 Å². The summed E-state index contributed by atoms with van der Waals surface area (Å²) in [5, 5.41) is 6.30. The van der Waals surface area contributed by atoms with Crippen LogP contribution < -0.4 is 10.6 Å². The lowest BCUT2D eigenvalue weighted by Gasteiger charge is -2.21. The van der Waals surface area contributed by atoms with Crippen molar-refractivity contribution in [2.24, 2.45) is 4.99 Å². The lowest BCUT2D eigenvalue weighted by Crippen LogP contribution is -2.40. The molecule has 2 heterocycles. The van der Waals surface area contributed by atoms with Crippen molar-refractivity contribution in [1.82, 2.24) is 20.5 Å². The lowest BCUT2D eigenvalue weighted by molar-refractivity contribution is 0.0958. The van der Waals surface area contributed by atoms with Gasteiger partial charge in [-0.05, 0) is 25.8 Å². The van der Waals surface area contributed by atoms with E-state index in [2.05, 4.69) is 57.8 Å². The van der Waals surface area contributed by atoms with E-state index in [1.807, 2.05) is 6.92 Å². The Morgan fingerprint density at radius 3 is 2.79 bits per heavy atom. The number of guanidine groups is 1. The highest BCUT2D eigenvalue weighted by molar-refractivity contribution is 14.0. The Hall–Kier alpha value is -1.68. The van der Waals surface area contributed by atoms with Crippen LogP contribution in [0.15, 0.2) is 40.8 Å². The molecule has 0 aliphatic carbocycles. The molecular formula is C20H28IN5OS. The molecular weight excluding hydrogens is 485 g/mol. The quantitative estimate of drug-likeness (QED) is 0.269. The molecule has 6 nitrogen and oxygen atoms in total. The number of benzene rings is 1. The van der Waals surface area contributed by atoms with Gasteiger partial charge in [0.15, 0.2) is 5.96 Å². The number of aliphatic imine (C=N–C) groups is 1. The van der Waals surface area contributed by atoms with Gasteiger partial charge in [0, 0.05) is 32.1 Å². The Morgan fingerprint density at radius 2 is 2.11 bits per heavy atom. The van der Waals surface area contributed by atoms with E-state index in [1.165, 1.54) is 16.9 Å². The van der Waals surface area contributed by atoms with Crippen molar-refractivity contribution in [2.45, 2.75) is 26.2 Å². The van der Waals surface area contributed by atoms with E-state index in [-0.39, 0.29) is 29.9 Å². The van der Waals surface area contributed by atoms with E-state index in [1.54, 1.807) is 5.51 Å². The van der Waals surface area contributed by atoms with Crippen LogP contribution in [-0.4, -0.2) is 54.5 Å². The Balaban J connectivity index is 0.00000280. The van der Waals surface area contributed by atoms with Crippen LogP contribution in [0.5, 0.6) is 0 Å². The van der Waals surface area contributed by atoms with Crippen LogP contribution in [0.4, 0.5) is 0 Å². The fourth-order valence-corrected chi connectivity index (χ4v) is 4.03. The molecule has 0 radical (unpaired) electrons. The molecule has 2 aromatic rings. The molecule has 28 heavy (non-hydrogen) atoms. The maximum absolute atomic E-state index is 12.1. The first-order chi connectivity index (χ1) is 13.2. The van der Waals surface area contributed by atoms with E-state index in [0.29, 0.717) is 23.9 Å². The number of amides is 1. The van der Waals surface area contributed by atoms with Crippen molar-refractivity contribution < 1.29 is 4.79 Å². The molecule has 1 aromatic heterocycles. The third-order valence-electron chi connectivity index (χ3n) is 4.70. The van der Waals surface area contributed by atoms with E-state index in [0.717, 1.165) is 37.7 Å². The minimum atomic E-state index is -0.0690. The summed E-state index contributed by atoms with van der Waals surface area (Å²) in [6.45, 7) is 7.80. The molecule has 0 bridgehead atoms. The molecule has 1 amide bonds. The molecule has 152 valence electrons. The number of carbonyl (C=O) groups is 1. The molecule has 1 unspecified atom stereocenters. The number of likely N-dealkylation sites (tertiary alicyclic amines) is 1. The Morgan fingerprint density at radius 1 is 1.32 bits per heavy atom. The zero-order valence-electron chi connectivity index (χ0n) is 16.4. The van der Waals surface area contributed by atoms with Crippen LogP contribution in [-0.2, 0) is 0 Å². The molecule has 1 aliphatic rings. The normalized spacial score (nSPS) is 16.6. The predicted molar refractivity (Wildman–Crippen MR) is 126 cm³/mol. The summed E-state index contributed by atoms with van der Waals surface area (Å²) in [5.74, 6) is 1.41. The molecule has 8 heteroatoms. The SMILES string of the molecule is CCNC(=NCCNC(=O)c1scnc1C)N1CCC(c2ccccc2)C1.I. The van der Waals surface area contributed by atoms with Gasteiger partial charge < -0.3 is 15.5 Å². The summed E-state index contributed by atoms with van der Waals surface area (Å²) >= 11 is 1.37. The Kier molecular flexibility index (Phi) is 9.17. The van der Waals surface area contributed by atoms with Gasteiger partial charge in [-0.25, -0.2) is 4.98 Å². The summed E-state index contributed by atoms with van der Waals surface area (Å²) < 4.78 is 0. The molecule has 1 atom stereocenters. The minimum Gasteiger partial charge on any atom is -0.357 e. The molecule has 3 rings (SSSR count). The first-order valence-corrected chi connectivity index (χ1v) is 10.3. The van der Waals surface area contributed by atoms with Gasteiger partial charge in [-0.3, -0.25) is 9.79 Å². The number of rotatable bonds is 6. The molecule has 0 saturated carbocycles. The van der Waals surface area contributed by atoms with Gasteiger partial charge in [0.05, 0.1) is 17.7 Å². The van der Waals surface area contributed by atoms with Gasteiger partial charge in [-0.2, -0.15) is 0 Å². The minimum absolute atomic E-state index is 0. The molecule has 2 N–H and O–H groups in total. The first-order valence-electron chi connectivity index (χ1n) is 9.45. The zero-order chi connectivity index (χ0) is 19.1. The number of nitrogens with one attached hydrogen (secondary N) is 2. The topological polar surface area (TPSA) is 69.6 Å². The van der Waals surface area contributed by atoms with E-state index in [9.17, 15) is 4.79 Å². The van der Waals surface area contributed by atoms with Crippen molar-refractivity contribution in [1.29, 1.82) is 0 Å². The smallest absolute Gasteiger partial charge is 0.263 e. The van der Waals surface area contributed by atoms with Gasteiger partial charge in [0.2, 0.25) is 0 Å². The third-order valence-corrected chi connectivity index (χ3v) is 5.63. The number of aryl methyl sites for hydroxylation is 1. The molecule has 1 saturated heterocycles. The second-order valence-corrected chi connectivity index (χ2v) is 7.46. The fourth-order valence-electron chi connectivity index (χ4n) is 3.31. The maximum Gasteiger partial charge on any atom is 0.263 e. The monoisotopic (exact) mass is 513 g/mol. The number of thiazole rings is 1. The average molecular weight is 513 g/mol. The summed E-state index contributed by atoms with van der Waals surface area (Å²) in [4.78, 5) is 24.0. The number of aromatic nitrogens is 1. The Labute approximate surface area is 187 Å². The summed E-state index contributed by atoms with van der Waals surface area (Å²) in [5.41, 5.74) is 3.86. The number of hydrogen-bond donors (Lipinski definition) is 2. The van der Waals surface area contributed by atoms with Crippen LogP contribution in [0.3, 0.4) is 0 Å². The largest absolute Gasteiger partial charge is 0.357 e. The zero-order valence-corrected chi connectivity index (χ0v) is 19.5. The summed E-state index contributed by atoms with van der Waals surface area (Å²) in [6.07, 6.45) is 1.13. The molecule has 1 aromatic carbocycles. The third kappa shape index (κ3) is 5.91. The second-order valence-electron chi connectivity index (χ2n) is 6.60. The summed E-state index contributed by atoms with van der Waals surface area (Å²) in [6, 6.07) is 10.7. The van der Waals surface area contributed by atoms with Gasteiger partial charge in [0.25, 0.3) is 5.91 Å². The van der Waals surface area contributed by atoms with Crippen LogP contribution in [0.25, 0.3) is 0 Å². The molecule has 0 spiro atoms.